The molecule has 0 aliphatic heterocycles. The second-order valence-electron chi connectivity index (χ2n) is 4.29. The molecule has 0 saturated carbocycles. The number of hydrogen-bond acceptors (Lipinski definition) is 5. The molecular formula is C11H13BrFN5O2S. The molecule has 1 aromatic carbocycles. The number of halogens is 2. The molecule has 21 heavy (non-hydrogen) atoms. The van der Waals surface area contributed by atoms with Crippen LogP contribution in [0.3, 0.4) is 0 Å². The van der Waals surface area contributed by atoms with E-state index in [0.717, 1.165) is 12.1 Å². The SMILES string of the molecule is Cn1cnc(CCNS(=O)(=O)c2cc(Br)c(F)cc2N)n1. The molecule has 0 radical (unpaired) electrons. The lowest BCUT2D eigenvalue weighted by molar-refractivity contribution is 0.580. The number of hydrogen-bond donors (Lipinski definition) is 2. The molecule has 0 unspecified atom stereocenters. The van der Waals surface area contributed by atoms with E-state index in [2.05, 4.69) is 30.7 Å². The molecule has 3 N–H and O–H groups in total. The van der Waals surface area contributed by atoms with Crippen molar-refractivity contribution in [1.82, 2.24) is 19.5 Å². The van der Waals surface area contributed by atoms with Crippen LogP contribution in [0.25, 0.3) is 0 Å². The van der Waals surface area contributed by atoms with E-state index in [1.165, 1.54) is 11.0 Å². The first kappa shape index (κ1) is 15.9. The Balaban J connectivity index is 2.10. The van der Waals surface area contributed by atoms with Crippen LogP contribution in [0.4, 0.5) is 10.1 Å². The van der Waals surface area contributed by atoms with E-state index in [0.29, 0.717) is 12.2 Å². The van der Waals surface area contributed by atoms with Crippen molar-refractivity contribution >= 4 is 31.6 Å². The predicted molar refractivity (Wildman–Crippen MR) is 78.4 cm³/mol. The summed E-state index contributed by atoms with van der Waals surface area (Å²) in [4.78, 5) is 3.81. The molecule has 1 aromatic heterocycles. The zero-order valence-corrected chi connectivity index (χ0v) is 13.4. The fourth-order valence-corrected chi connectivity index (χ4v) is 3.31. The average Bonchev–Trinajstić information content (AvgIpc) is 2.79. The van der Waals surface area contributed by atoms with Crippen LogP contribution in [0.15, 0.2) is 27.8 Å². The molecule has 0 fully saturated rings. The largest absolute Gasteiger partial charge is 0.398 e. The summed E-state index contributed by atoms with van der Waals surface area (Å²) in [5.74, 6) is -0.0994. The van der Waals surface area contributed by atoms with Crippen molar-refractivity contribution in [3.63, 3.8) is 0 Å². The Labute approximate surface area is 129 Å². The summed E-state index contributed by atoms with van der Waals surface area (Å²) in [7, 11) is -2.11. The Morgan fingerprint density at radius 3 is 2.81 bits per heavy atom. The molecule has 10 heteroatoms. The summed E-state index contributed by atoms with van der Waals surface area (Å²) in [5.41, 5.74) is 5.40. The van der Waals surface area contributed by atoms with Crippen molar-refractivity contribution in [2.24, 2.45) is 7.05 Å². The number of nitrogens with one attached hydrogen (secondary N) is 1. The van der Waals surface area contributed by atoms with Crippen molar-refractivity contribution in [2.75, 3.05) is 12.3 Å². The summed E-state index contributed by atoms with van der Waals surface area (Å²) < 4.78 is 41.5. The number of nitrogens with two attached hydrogens (primary N) is 1. The highest BCUT2D eigenvalue weighted by Crippen LogP contribution is 2.25. The van der Waals surface area contributed by atoms with E-state index in [1.54, 1.807) is 7.05 Å². The average molecular weight is 378 g/mol. The number of aromatic nitrogens is 3. The maximum absolute atomic E-state index is 13.3. The van der Waals surface area contributed by atoms with E-state index in [1.807, 2.05) is 0 Å². The van der Waals surface area contributed by atoms with Crippen LogP contribution in [0.5, 0.6) is 0 Å². The minimum absolute atomic E-state index is 0.0310. The predicted octanol–water partition coefficient (Wildman–Crippen LogP) is 0.820. The van der Waals surface area contributed by atoms with Gasteiger partial charge in [0.2, 0.25) is 10.0 Å². The van der Waals surface area contributed by atoms with E-state index in [-0.39, 0.29) is 21.6 Å². The fraction of sp³-hybridized carbons (Fsp3) is 0.273. The third kappa shape index (κ3) is 3.77. The number of anilines is 1. The van der Waals surface area contributed by atoms with Crippen LogP contribution >= 0.6 is 15.9 Å². The molecule has 0 bridgehead atoms. The summed E-state index contributed by atoms with van der Waals surface area (Å²) in [5, 5.41) is 4.04. The third-order valence-electron chi connectivity index (χ3n) is 2.63. The lowest BCUT2D eigenvalue weighted by Crippen LogP contribution is -2.27. The van der Waals surface area contributed by atoms with Gasteiger partial charge in [0.05, 0.1) is 10.2 Å². The van der Waals surface area contributed by atoms with E-state index in [9.17, 15) is 12.8 Å². The van der Waals surface area contributed by atoms with Crippen LogP contribution in [0.2, 0.25) is 0 Å². The van der Waals surface area contributed by atoms with E-state index < -0.39 is 15.8 Å². The van der Waals surface area contributed by atoms with Gasteiger partial charge in [-0.15, -0.1) is 0 Å². The van der Waals surface area contributed by atoms with Gasteiger partial charge in [-0.2, -0.15) is 5.10 Å². The molecule has 2 aromatic rings. The Kier molecular flexibility index (Phi) is 4.59. The standard InChI is InChI=1S/C11H13BrFN5O2S/c1-18-6-15-11(17-18)2-3-16-21(19,20)10-4-7(12)8(13)5-9(10)14/h4-6,16H,2-3,14H2,1H3. The Morgan fingerprint density at radius 1 is 1.48 bits per heavy atom. The fourth-order valence-electron chi connectivity index (χ4n) is 1.65. The first-order valence-corrected chi connectivity index (χ1v) is 8.16. The molecular weight excluding hydrogens is 365 g/mol. The van der Waals surface area contributed by atoms with Crippen LogP contribution in [0, 0.1) is 5.82 Å². The second-order valence-corrected chi connectivity index (χ2v) is 6.88. The maximum atomic E-state index is 13.3. The van der Waals surface area contributed by atoms with Gasteiger partial charge in [0.25, 0.3) is 0 Å². The van der Waals surface area contributed by atoms with Crippen molar-refractivity contribution < 1.29 is 12.8 Å². The quantitative estimate of drug-likeness (QED) is 0.750. The molecule has 2 rings (SSSR count). The number of benzene rings is 1. The number of sulfonamides is 1. The van der Waals surface area contributed by atoms with Crippen LogP contribution in [-0.2, 0) is 23.5 Å². The van der Waals surface area contributed by atoms with Gasteiger partial charge in [-0.1, -0.05) is 0 Å². The highest BCUT2D eigenvalue weighted by atomic mass is 79.9. The Morgan fingerprint density at radius 2 is 2.19 bits per heavy atom. The second kappa shape index (κ2) is 6.08. The van der Waals surface area contributed by atoms with E-state index in [4.69, 9.17) is 5.73 Å². The summed E-state index contributed by atoms with van der Waals surface area (Å²) in [6.45, 7) is 0.112. The number of rotatable bonds is 5. The topological polar surface area (TPSA) is 103 Å². The minimum atomic E-state index is -3.83. The zero-order valence-electron chi connectivity index (χ0n) is 11.0. The molecule has 0 atom stereocenters. The molecule has 0 aliphatic carbocycles. The normalized spacial score (nSPS) is 11.8. The van der Waals surface area contributed by atoms with Crippen LogP contribution < -0.4 is 10.5 Å². The van der Waals surface area contributed by atoms with Gasteiger partial charge in [-0.25, -0.2) is 22.5 Å². The Bertz CT molecular complexity index is 762. The third-order valence-corrected chi connectivity index (χ3v) is 4.75. The summed E-state index contributed by atoms with van der Waals surface area (Å²) in [6.07, 6.45) is 1.86. The van der Waals surface area contributed by atoms with Crippen LogP contribution in [-0.4, -0.2) is 29.7 Å². The highest BCUT2D eigenvalue weighted by Gasteiger charge is 2.19. The van der Waals surface area contributed by atoms with Crippen molar-refractivity contribution in [1.29, 1.82) is 0 Å². The first-order chi connectivity index (χ1) is 9.79. The van der Waals surface area contributed by atoms with Gasteiger partial charge >= 0.3 is 0 Å². The summed E-state index contributed by atoms with van der Waals surface area (Å²) in [6, 6.07) is 2.09. The van der Waals surface area contributed by atoms with Gasteiger partial charge in [0, 0.05) is 20.0 Å². The summed E-state index contributed by atoms with van der Waals surface area (Å²) >= 11 is 2.93. The number of aryl methyl sites for hydroxylation is 1. The Hall–Kier alpha value is -1.52. The minimum Gasteiger partial charge on any atom is -0.398 e. The molecule has 7 nitrogen and oxygen atoms in total. The van der Waals surface area contributed by atoms with Gasteiger partial charge < -0.3 is 5.73 Å². The van der Waals surface area contributed by atoms with E-state index >= 15 is 0 Å². The monoisotopic (exact) mass is 377 g/mol. The van der Waals surface area contributed by atoms with Crippen LogP contribution in [0.1, 0.15) is 5.82 Å². The lowest BCUT2D eigenvalue weighted by atomic mass is 10.3. The van der Waals surface area contributed by atoms with Crippen molar-refractivity contribution in [3.05, 3.63) is 34.6 Å². The maximum Gasteiger partial charge on any atom is 0.242 e. The van der Waals surface area contributed by atoms with Gasteiger partial charge in [0.1, 0.15) is 17.0 Å². The molecule has 0 spiro atoms. The molecule has 0 aliphatic rings. The van der Waals surface area contributed by atoms with Gasteiger partial charge in [-0.05, 0) is 28.1 Å². The number of nitrogens with zero attached hydrogens (tertiary/aromatic N) is 3. The van der Waals surface area contributed by atoms with Crippen molar-refractivity contribution in [2.45, 2.75) is 11.3 Å². The smallest absolute Gasteiger partial charge is 0.242 e. The molecule has 114 valence electrons. The van der Waals surface area contributed by atoms with Gasteiger partial charge in [0.15, 0.2) is 5.82 Å². The first-order valence-electron chi connectivity index (χ1n) is 5.88. The molecule has 0 amide bonds. The highest BCUT2D eigenvalue weighted by molar-refractivity contribution is 9.10. The lowest BCUT2D eigenvalue weighted by Gasteiger charge is -2.09. The van der Waals surface area contributed by atoms with Gasteiger partial charge in [-0.3, -0.25) is 4.68 Å². The zero-order chi connectivity index (χ0) is 15.6. The molecule has 1 heterocycles. The molecule has 0 saturated heterocycles. The van der Waals surface area contributed by atoms with Crippen molar-refractivity contribution in [3.8, 4) is 0 Å². The number of nitrogen functional groups attached to an aromatic ring is 1.